The van der Waals surface area contributed by atoms with Crippen LogP contribution in [0.2, 0.25) is 0 Å². The summed E-state index contributed by atoms with van der Waals surface area (Å²) in [4.78, 5) is 26.8. The van der Waals surface area contributed by atoms with Gasteiger partial charge >= 0.3 is 0 Å². The number of ether oxygens (including phenoxy) is 1. The molecule has 2 aromatic rings. The molecule has 7 heteroatoms. The van der Waals surface area contributed by atoms with Crippen LogP contribution in [0.25, 0.3) is 10.9 Å². The summed E-state index contributed by atoms with van der Waals surface area (Å²) >= 11 is 0. The highest BCUT2D eigenvalue weighted by atomic mass is 16.6. The molecule has 2 N–H and O–H groups in total. The van der Waals surface area contributed by atoms with Gasteiger partial charge in [-0.2, -0.15) is 0 Å². The molecule has 2 fully saturated rings. The number of hydrogen-bond acceptors (Lipinski definition) is 4. The van der Waals surface area contributed by atoms with E-state index in [1.807, 2.05) is 6.92 Å². The Kier molecular flexibility index (Phi) is 4.19. The predicted octanol–water partition coefficient (Wildman–Crippen LogP) is 3.54. The first-order chi connectivity index (χ1) is 12.6. The molecule has 1 aromatic carbocycles. The van der Waals surface area contributed by atoms with Gasteiger partial charge in [0.25, 0.3) is 11.6 Å². The number of hydrogen-bond donors (Lipinski definition) is 2. The van der Waals surface area contributed by atoms with Crippen molar-refractivity contribution in [2.75, 3.05) is 6.61 Å². The Hall–Kier alpha value is -2.41. The van der Waals surface area contributed by atoms with Crippen LogP contribution in [-0.4, -0.2) is 34.6 Å². The number of carbonyl (C=O) groups excluding carboxylic acids is 1. The minimum absolute atomic E-state index is 0.0315. The van der Waals surface area contributed by atoms with E-state index in [0.29, 0.717) is 23.1 Å². The fourth-order valence-corrected chi connectivity index (χ4v) is 4.82. The molecule has 1 amide bonds. The SMILES string of the molecule is CCO[C@H]1C[C@@H](NC(=O)c2c[nH]c3cccc([N+](=O)[O-])c23)C12CCCC2. The fraction of sp³-hybridized carbons (Fsp3) is 0.526. The van der Waals surface area contributed by atoms with Crippen molar-refractivity contribution in [1.29, 1.82) is 0 Å². The minimum Gasteiger partial charge on any atom is -0.378 e. The van der Waals surface area contributed by atoms with Gasteiger partial charge in [0, 0.05) is 30.3 Å². The highest BCUT2D eigenvalue weighted by molar-refractivity contribution is 6.10. The quantitative estimate of drug-likeness (QED) is 0.632. The molecule has 7 nitrogen and oxygen atoms in total. The molecule has 0 aliphatic heterocycles. The topological polar surface area (TPSA) is 97.3 Å². The van der Waals surface area contributed by atoms with Crippen LogP contribution in [0.1, 0.15) is 49.4 Å². The van der Waals surface area contributed by atoms with E-state index in [4.69, 9.17) is 4.74 Å². The first-order valence-corrected chi connectivity index (χ1v) is 9.24. The molecule has 0 unspecified atom stereocenters. The van der Waals surface area contributed by atoms with E-state index < -0.39 is 4.92 Å². The molecule has 26 heavy (non-hydrogen) atoms. The molecular weight excluding hydrogens is 334 g/mol. The number of nitro benzene ring substituents is 1. The summed E-state index contributed by atoms with van der Waals surface area (Å²) in [5, 5.41) is 14.8. The van der Waals surface area contributed by atoms with E-state index in [-0.39, 0.29) is 29.2 Å². The van der Waals surface area contributed by atoms with E-state index in [1.165, 1.54) is 6.07 Å². The second-order valence-corrected chi connectivity index (χ2v) is 7.31. The summed E-state index contributed by atoms with van der Waals surface area (Å²) in [6.07, 6.45) is 7.03. The zero-order valence-electron chi connectivity index (χ0n) is 14.8. The number of rotatable bonds is 5. The number of nitro groups is 1. The van der Waals surface area contributed by atoms with Crippen molar-refractivity contribution in [3.8, 4) is 0 Å². The van der Waals surface area contributed by atoms with Crippen LogP contribution in [0.15, 0.2) is 24.4 Å². The molecular formula is C19H23N3O4. The Balaban J connectivity index is 1.60. The molecule has 1 heterocycles. The Morgan fingerprint density at radius 1 is 1.42 bits per heavy atom. The maximum absolute atomic E-state index is 12.9. The van der Waals surface area contributed by atoms with E-state index in [0.717, 1.165) is 32.1 Å². The minimum atomic E-state index is -0.445. The van der Waals surface area contributed by atoms with Crippen molar-refractivity contribution in [3.05, 3.63) is 40.1 Å². The number of benzene rings is 1. The Bertz CT molecular complexity index is 854. The number of amides is 1. The fourth-order valence-electron chi connectivity index (χ4n) is 4.82. The Labute approximate surface area is 151 Å². The van der Waals surface area contributed by atoms with Crippen molar-refractivity contribution >= 4 is 22.5 Å². The zero-order valence-corrected chi connectivity index (χ0v) is 14.8. The van der Waals surface area contributed by atoms with Gasteiger partial charge in [-0.1, -0.05) is 18.9 Å². The van der Waals surface area contributed by atoms with Gasteiger partial charge in [0.2, 0.25) is 0 Å². The Morgan fingerprint density at radius 2 is 2.19 bits per heavy atom. The smallest absolute Gasteiger partial charge is 0.279 e. The van der Waals surface area contributed by atoms with Crippen LogP contribution in [0.5, 0.6) is 0 Å². The van der Waals surface area contributed by atoms with Crippen molar-refractivity contribution in [2.45, 2.75) is 51.2 Å². The second-order valence-electron chi connectivity index (χ2n) is 7.31. The lowest BCUT2D eigenvalue weighted by Crippen LogP contribution is -2.63. The van der Waals surface area contributed by atoms with Crippen LogP contribution in [0.4, 0.5) is 5.69 Å². The molecule has 0 bridgehead atoms. The molecule has 0 saturated heterocycles. The first kappa shape index (κ1) is 17.0. The maximum Gasteiger partial charge on any atom is 0.279 e. The van der Waals surface area contributed by atoms with Crippen LogP contribution in [-0.2, 0) is 4.74 Å². The lowest BCUT2D eigenvalue weighted by molar-refractivity contribution is -0.383. The third-order valence-electron chi connectivity index (χ3n) is 6.12. The number of non-ortho nitro benzene ring substituents is 1. The van der Waals surface area contributed by atoms with Crippen LogP contribution in [0, 0.1) is 15.5 Å². The highest BCUT2D eigenvalue weighted by Crippen LogP contribution is 2.54. The zero-order chi connectivity index (χ0) is 18.3. The lowest BCUT2D eigenvalue weighted by atomic mass is 9.60. The summed E-state index contributed by atoms with van der Waals surface area (Å²) < 4.78 is 5.89. The van der Waals surface area contributed by atoms with Gasteiger partial charge in [0.1, 0.15) is 0 Å². The van der Waals surface area contributed by atoms with E-state index in [9.17, 15) is 14.9 Å². The van der Waals surface area contributed by atoms with E-state index in [2.05, 4.69) is 10.3 Å². The van der Waals surface area contributed by atoms with Crippen LogP contribution in [0.3, 0.4) is 0 Å². The molecule has 1 aromatic heterocycles. The summed E-state index contributed by atoms with van der Waals surface area (Å²) in [5.41, 5.74) is 0.912. The molecule has 2 atom stereocenters. The molecule has 138 valence electrons. The molecule has 0 radical (unpaired) electrons. The molecule has 2 aliphatic rings. The van der Waals surface area contributed by atoms with Crippen molar-refractivity contribution in [1.82, 2.24) is 10.3 Å². The van der Waals surface area contributed by atoms with Crippen molar-refractivity contribution in [3.63, 3.8) is 0 Å². The number of carbonyl (C=O) groups is 1. The van der Waals surface area contributed by atoms with Crippen LogP contribution >= 0.6 is 0 Å². The number of H-pyrrole nitrogens is 1. The monoisotopic (exact) mass is 357 g/mol. The second kappa shape index (κ2) is 6.39. The van der Waals surface area contributed by atoms with Gasteiger partial charge < -0.3 is 15.0 Å². The third kappa shape index (κ3) is 2.49. The standard InChI is InChI=1S/C19H23N3O4/c1-2-26-16-10-15(19(16)8-3-4-9-19)21-18(23)12-11-20-13-6-5-7-14(17(12)13)22(24)25/h5-7,11,15-16,20H,2-4,8-10H2,1H3,(H,21,23)/t15-,16+/m1/s1. The molecule has 1 spiro atoms. The summed E-state index contributed by atoms with van der Waals surface area (Å²) in [7, 11) is 0. The lowest BCUT2D eigenvalue weighted by Gasteiger charge is -2.54. The van der Waals surface area contributed by atoms with Gasteiger partial charge in [-0.25, -0.2) is 0 Å². The average molecular weight is 357 g/mol. The molecule has 4 rings (SSSR count). The number of aromatic amines is 1. The molecule has 2 aliphatic carbocycles. The first-order valence-electron chi connectivity index (χ1n) is 9.24. The van der Waals surface area contributed by atoms with Crippen LogP contribution < -0.4 is 5.32 Å². The van der Waals surface area contributed by atoms with Crippen molar-refractivity contribution < 1.29 is 14.5 Å². The molecule has 2 saturated carbocycles. The van der Waals surface area contributed by atoms with Gasteiger partial charge in [-0.05, 0) is 32.3 Å². The number of fused-ring (bicyclic) bond motifs is 1. The van der Waals surface area contributed by atoms with Crippen molar-refractivity contribution in [2.24, 2.45) is 5.41 Å². The van der Waals surface area contributed by atoms with Gasteiger partial charge in [0.15, 0.2) is 0 Å². The summed E-state index contributed by atoms with van der Waals surface area (Å²) in [6.45, 7) is 2.68. The van der Waals surface area contributed by atoms with Gasteiger partial charge in [-0.15, -0.1) is 0 Å². The maximum atomic E-state index is 12.9. The summed E-state index contributed by atoms with van der Waals surface area (Å²) in [6, 6.07) is 4.86. The number of nitrogens with one attached hydrogen (secondary N) is 2. The Morgan fingerprint density at radius 3 is 2.88 bits per heavy atom. The number of nitrogens with zero attached hydrogens (tertiary/aromatic N) is 1. The van der Waals surface area contributed by atoms with Gasteiger partial charge in [-0.3, -0.25) is 14.9 Å². The van der Waals surface area contributed by atoms with Gasteiger partial charge in [0.05, 0.1) is 27.5 Å². The summed E-state index contributed by atoms with van der Waals surface area (Å²) in [5.74, 6) is -0.253. The normalized spacial score (nSPS) is 23.9. The largest absolute Gasteiger partial charge is 0.378 e. The third-order valence-corrected chi connectivity index (χ3v) is 6.12. The predicted molar refractivity (Wildman–Crippen MR) is 97.1 cm³/mol. The van der Waals surface area contributed by atoms with E-state index >= 15 is 0 Å². The average Bonchev–Trinajstić information content (AvgIpc) is 3.29. The number of aromatic nitrogens is 1. The van der Waals surface area contributed by atoms with E-state index in [1.54, 1.807) is 18.3 Å². The highest BCUT2D eigenvalue weighted by Gasteiger charge is 2.57.